The lowest BCUT2D eigenvalue weighted by molar-refractivity contribution is -0.137. The molecule has 2 aromatic carbocycles. The summed E-state index contributed by atoms with van der Waals surface area (Å²) < 4.78 is 44.7. The average Bonchev–Trinajstić information content (AvgIpc) is 2.51. The Kier molecular flexibility index (Phi) is 5.64. The van der Waals surface area contributed by atoms with Gasteiger partial charge in [0.2, 0.25) is 0 Å². The van der Waals surface area contributed by atoms with Gasteiger partial charge in [-0.15, -0.1) is 0 Å². The fraction of sp³-hybridized carbons (Fsp3) is 0.125. The molecule has 22 heavy (non-hydrogen) atoms. The lowest BCUT2D eigenvalue weighted by atomic mass is 9.97. The topological polar surface area (TPSA) is 9.23 Å². The van der Waals surface area contributed by atoms with Crippen molar-refractivity contribution in [2.45, 2.75) is 6.18 Å². The molecule has 0 aliphatic carbocycles. The Morgan fingerprint density at radius 1 is 1.09 bits per heavy atom. The molecule has 2 aromatic rings. The molecular weight excluding hydrogens is 424 g/mol. The van der Waals surface area contributed by atoms with Crippen LogP contribution in [0.25, 0.3) is 11.1 Å². The predicted molar refractivity (Wildman–Crippen MR) is 91.9 cm³/mol. The van der Waals surface area contributed by atoms with Gasteiger partial charge >= 0.3 is 6.18 Å². The Balaban J connectivity index is 2.59. The Hall–Kier alpha value is -1.33. The van der Waals surface area contributed by atoms with Crippen molar-refractivity contribution < 1.29 is 17.9 Å². The van der Waals surface area contributed by atoms with Gasteiger partial charge < -0.3 is 4.74 Å². The zero-order valence-corrected chi connectivity index (χ0v) is 14.3. The fourth-order valence-electron chi connectivity index (χ4n) is 2.03. The summed E-state index contributed by atoms with van der Waals surface area (Å²) in [4.78, 5) is 0. The quantitative estimate of drug-likeness (QED) is 0.438. The third-order valence-electron chi connectivity index (χ3n) is 2.96. The van der Waals surface area contributed by atoms with Crippen molar-refractivity contribution in [1.82, 2.24) is 0 Å². The summed E-state index contributed by atoms with van der Waals surface area (Å²) in [6.07, 6.45) is -4.42. The van der Waals surface area contributed by atoms with E-state index in [1.165, 1.54) is 28.2 Å². The number of alkyl halides is 3. The minimum Gasteiger partial charge on any atom is -0.496 e. The highest BCUT2D eigenvalue weighted by molar-refractivity contribution is 14.2. The van der Waals surface area contributed by atoms with Crippen LogP contribution in [0, 0.1) is 11.2 Å². The molecule has 0 saturated heterocycles. The van der Waals surface area contributed by atoms with Gasteiger partial charge in [-0.2, -0.15) is 13.2 Å². The molecular formula is C16H10F3IOS. The molecule has 1 nitrogen and oxygen atoms in total. The SMILES string of the molecule is COc1cc(C#CSI)ccc1-c1ccccc1C(F)(F)F. The second kappa shape index (κ2) is 7.29. The number of ether oxygens (including phenoxy) is 1. The minimum atomic E-state index is -4.42. The second-order valence-corrected chi connectivity index (χ2v) is 5.94. The summed E-state index contributed by atoms with van der Waals surface area (Å²) in [6.45, 7) is 0. The van der Waals surface area contributed by atoms with E-state index in [1.807, 2.05) is 21.2 Å². The molecule has 0 heterocycles. The number of hydrogen-bond donors (Lipinski definition) is 0. The van der Waals surface area contributed by atoms with Gasteiger partial charge in [0.15, 0.2) is 0 Å². The van der Waals surface area contributed by atoms with Crippen molar-refractivity contribution in [3.63, 3.8) is 0 Å². The second-order valence-electron chi connectivity index (χ2n) is 4.26. The number of benzene rings is 2. The molecule has 0 unspecified atom stereocenters. The van der Waals surface area contributed by atoms with E-state index < -0.39 is 11.7 Å². The lowest BCUT2D eigenvalue weighted by Gasteiger charge is -2.15. The number of rotatable bonds is 2. The van der Waals surface area contributed by atoms with Gasteiger partial charge in [-0.1, -0.05) is 24.1 Å². The van der Waals surface area contributed by atoms with Crippen molar-refractivity contribution in [1.29, 1.82) is 0 Å². The molecule has 2 rings (SSSR count). The van der Waals surface area contributed by atoms with Crippen LogP contribution in [-0.4, -0.2) is 7.11 Å². The van der Waals surface area contributed by atoms with Gasteiger partial charge in [0.1, 0.15) is 5.75 Å². The molecule has 6 heteroatoms. The van der Waals surface area contributed by atoms with E-state index in [0.717, 1.165) is 6.07 Å². The standard InChI is InChI=1S/C16H10F3IOS/c1-21-15-10-11(8-9-22-20)6-7-13(15)12-4-2-3-5-14(12)16(17,18)19/h2-7,10H,1H3. The highest BCUT2D eigenvalue weighted by atomic mass is 127. The monoisotopic (exact) mass is 434 g/mol. The van der Waals surface area contributed by atoms with Crippen LogP contribution in [0.4, 0.5) is 13.2 Å². The molecule has 0 saturated carbocycles. The summed E-state index contributed by atoms with van der Waals surface area (Å²) in [7, 11) is 2.77. The van der Waals surface area contributed by atoms with E-state index in [9.17, 15) is 13.2 Å². The van der Waals surface area contributed by atoms with Gasteiger partial charge in [0.05, 0.1) is 12.7 Å². The van der Waals surface area contributed by atoms with Gasteiger partial charge in [-0.3, -0.25) is 0 Å². The van der Waals surface area contributed by atoms with Gasteiger partial charge in [-0.25, -0.2) is 0 Å². The van der Waals surface area contributed by atoms with Crippen LogP contribution in [-0.2, 0) is 6.18 Å². The van der Waals surface area contributed by atoms with Crippen molar-refractivity contribution in [2.24, 2.45) is 0 Å². The van der Waals surface area contributed by atoms with E-state index in [1.54, 1.807) is 24.3 Å². The maximum Gasteiger partial charge on any atom is 0.417 e. The first kappa shape index (κ1) is 17.0. The van der Waals surface area contributed by atoms with E-state index in [4.69, 9.17) is 4.74 Å². The lowest BCUT2D eigenvalue weighted by Crippen LogP contribution is -2.07. The molecule has 0 aliphatic heterocycles. The van der Waals surface area contributed by atoms with E-state index in [0.29, 0.717) is 16.9 Å². The molecule has 0 spiro atoms. The van der Waals surface area contributed by atoms with Gasteiger partial charge in [0.25, 0.3) is 0 Å². The predicted octanol–water partition coefficient (Wildman–Crippen LogP) is 5.77. The van der Waals surface area contributed by atoms with Crippen LogP contribution < -0.4 is 4.74 Å². The largest absolute Gasteiger partial charge is 0.496 e. The molecule has 0 N–H and O–H groups in total. The van der Waals surface area contributed by atoms with E-state index in [2.05, 4.69) is 11.2 Å². The van der Waals surface area contributed by atoms with E-state index in [-0.39, 0.29) is 5.56 Å². The van der Waals surface area contributed by atoms with Crippen LogP contribution in [0.15, 0.2) is 42.5 Å². The summed E-state index contributed by atoms with van der Waals surface area (Å²) in [5, 5.41) is 2.83. The smallest absolute Gasteiger partial charge is 0.417 e. The van der Waals surface area contributed by atoms with Crippen LogP contribution in [0.1, 0.15) is 11.1 Å². The Labute approximate surface area is 142 Å². The maximum atomic E-state index is 13.1. The molecule has 0 fully saturated rings. The third-order valence-corrected chi connectivity index (χ3v) is 3.80. The molecule has 114 valence electrons. The molecule has 0 aliphatic rings. The van der Waals surface area contributed by atoms with Crippen molar-refractivity contribution in [2.75, 3.05) is 7.11 Å². The normalized spacial score (nSPS) is 10.8. The molecule has 0 amide bonds. The summed E-state index contributed by atoms with van der Waals surface area (Å²) in [5.74, 6) is 3.26. The zero-order chi connectivity index (χ0) is 16.2. The number of hydrogen-bond acceptors (Lipinski definition) is 2. The summed E-state index contributed by atoms with van der Waals surface area (Å²) >= 11 is 2.05. The zero-order valence-electron chi connectivity index (χ0n) is 11.4. The molecule has 0 atom stereocenters. The summed E-state index contributed by atoms with van der Waals surface area (Å²) in [6, 6.07) is 10.4. The first-order valence-corrected chi connectivity index (χ1v) is 9.46. The van der Waals surface area contributed by atoms with E-state index >= 15 is 0 Å². The molecule has 0 radical (unpaired) electrons. The van der Waals surface area contributed by atoms with Crippen molar-refractivity contribution in [3.8, 4) is 28.0 Å². The highest BCUT2D eigenvalue weighted by Gasteiger charge is 2.33. The number of methoxy groups -OCH3 is 1. The van der Waals surface area contributed by atoms with Crippen molar-refractivity contribution >= 4 is 30.1 Å². The number of halogens is 4. The van der Waals surface area contributed by atoms with Crippen LogP contribution >= 0.6 is 30.1 Å². The van der Waals surface area contributed by atoms with Crippen LogP contribution in [0.2, 0.25) is 0 Å². The van der Waals surface area contributed by atoms with Crippen LogP contribution in [0.5, 0.6) is 5.75 Å². The first-order chi connectivity index (χ1) is 10.5. The third kappa shape index (κ3) is 3.90. The van der Waals surface area contributed by atoms with Crippen LogP contribution in [0.3, 0.4) is 0 Å². The average molecular weight is 434 g/mol. The molecule has 0 bridgehead atoms. The minimum absolute atomic E-state index is 0.0922. The van der Waals surface area contributed by atoms with Gasteiger partial charge in [0, 0.05) is 32.3 Å². The first-order valence-electron chi connectivity index (χ1n) is 6.10. The Morgan fingerprint density at radius 3 is 2.45 bits per heavy atom. The molecule has 0 aromatic heterocycles. The maximum absolute atomic E-state index is 13.1. The Bertz CT molecular complexity index is 732. The van der Waals surface area contributed by atoms with Gasteiger partial charge in [-0.05, 0) is 44.0 Å². The Morgan fingerprint density at radius 2 is 1.82 bits per heavy atom. The summed E-state index contributed by atoms with van der Waals surface area (Å²) in [5.41, 5.74) is 0.488. The highest BCUT2D eigenvalue weighted by Crippen LogP contribution is 2.40. The fourth-order valence-corrected chi connectivity index (χ4v) is 2.52. The van der Waals surface area contributed by atoms with Crippen molar-refractivity contribution in [3.05, 3.63) is 53.6 Å².